The molecule has 2 N–H and O–H groups in total. The molecule has 0 aromatic rings. The summed E-state index contributed by atoms with van der Waals surface area (Å²) >= 11 is 0. The van der Waals surface area contributed by atoms with Gasteiger partial charge in [0.05, 0.1) is 0 Å². The first kappa shape index (κ1) is 16.0. The largest absolute Gasteiger partial charge is 0.329 e. The quantitative estimate of drug-likeness (QED) is 0.813. The molecule has 0 heterocycles. The number of hydrogen-bond acceptors (Lipinski definition) is 2. The van der Waals surface area contributed by atoms with Crippen LogP contribution in [0.2, 0.25) is 0 Å². The van der Waals surface area contributed by atoms with E-state index < -0.39 is 0 Å². The topological polar surface area (TPSA) is 29.3 Å². The molecule has 1 saturated carbocycles. The second kappa shape index (κ2) is 6.91. The molecular weight excluding hydrogens is 220 g/mol. The lowest BCUT2D eigenvalue weighted by atomic mass is 9.68. The van der Waals surface area contributed by atoms with Gasteiger partial charge in [-0.15, -0.1) is 0 Å². The predicted octanol–water partition coefficient (Wildman–Crippen LogP) is 3.51. The molecule has 1 aliphatic carbocycles. The standard InChI is InChI=1S/C16H34N2/c1-6-11-18(5)15(12-17)13-7-9-14(10-8-13)16(2,3)4/h13-15H,6-12,17H2,1-5H3. The van der Waals surface area contributed by atoms with Crippen LogP contribution in [-0.4, -0.2) is 31.1 Å². The van der Waals surface area contributed by atoms with E-state index in [-0.39, 0.29) is 0 Å². The Bertz CT molecular complexity index is 224. The first-order valence-electron chi connectivity index (χ1n) is 7.80. The van der Waals surface area contributed by atoms with Crippen molar-refractivity contribution in [2.45, 2.75) is 65.8 Å². The van der Waals surface area contributed by atoms with Crippen molar-refractivity contribution < 1.29 is 0 Å². The average molecular weight is 254 g/mol. The molecule has 1 rings (SSSR count). The van der Waals surface area contributed by atoms with E-state index in [0.717, 1.165) is 18.4 Å². The van der Waals surface area contributed by atoms with E-state index in [9.17, 15) is 0 Å². The van der Waals surface area contributed by atoms with Gasteiger partial charge in [0.15, 0.2) is 0 Å². The Morgan fingerprint density at radius 3 is 2.11 bits per heavy atom. The summed E-state index contributed by atoms with van der Waals surface area (Å²) in [6.45, 7) is 11.4. The van der Waals surface area contributed by atoms with E-state index in [1.54, 1.807) is 0 Å². The van der Waals surface area contributed by atoms with Gasteiger partial charge in [0.2, 0.25) is 0 Å². The van der Waals surface area contributed by atoms with Crippen LogP contribution in [0.4, 0.5) is 0 Å². The molecule has 0 aromatic carbocycles. The normalized spacial score (nSPS) is 27.5. The fourth-order valence-corrected chi connectivity index (χ4v) is 3.62. The van der Waals surface area contributed by atoms with Crippen molar-refractivity contribution in [1.82, 2.24) is 4.90 Å². The first-order chi connectivity index (χ1) is 8.40. The Hall–Kier alpha value is -0.0800. The van der Waals surface area contributed by atoms with Crippen molar-refractivity contribution in [1.29, 1.82) is 0 Å². The van der Waals surface area contributed by atoms with Crippen molar-refractivity contribution in [3.8, 4) is 0 Å². The minimum atomic E-state index is 0.485. The number of likely N-dealkylation sites (N-methyl/N-ethyl adjacent to an activating group) is 1. The predicted molar refractivity (Wildman–Crippen MR) is 80.7 cm³/mol. The summed E-state index contributed by atoms with van der Waals surface area (Å²) in [6, 6.07) is 0.603. The Balaban J connectivity index is 2.50. The van der Waals surface area contributed by atoms with Gasteiger partial charge in [0.25, 0.3) is 0 Å². The second-order valence-electron chi connectivity index (χ2n) is 7.26. The third kappa shape index (κ3) is 4.24. The van der Waals surface area contributed by atoms with E-state index in [1.165, 1.54) is 38.6 Å². The van der Waals surface area contributed by atoms with Crippen LogP contribution in [0.25, 0.3) is 0 Å². The van der Waals surface area contributed by atoms with Crippen LogP contribution in [0.3, 0.4) is 0 Å². The van der Waals surface area contributed by atoms with Crippen LogP contribution in [0.1, 0.15) is 59.8 Å². The molecule has 1 fully saturated rings. The van der Waals surface area contributed by atoms with Crippen molar-refractivity contribution in [3.05, 3.63) is 0 Å². The third-order valence-electron chi connectivity index (χ3n) is 4.92. The zero-order valence-corrected chi connectivity index (χ0v) is 13.2. The van der Waals surface area contributed by atoms with Gasteiger partial charge in [0.1, 0.15) is 0 Å². The highest BCUT2D eigenvalue weighted by Gasteiger charge is 2.33. The van der Waals surface area contributed by atoms with E-state index in [4.69, 9.17) is 5.73 Å². The summed E-state index contributed by atoms with van der Waals surface area (Å²) in [5.74, 6) is 1.73. The van der Waals surface area contributed by atoms with Gasteiger partial charge in [-0.05, 0) is 62.9 Å². The molecule has 0 bridgehead atoms. The molecule has 1 atom stereocenters. The molecule has 0 aromatic heterocycles. The highest BCUT2D eigenvalue weighted by molar-refractivity contribution is 4.86. The first-order valence-corrected chi connectivity index (χ1v) is 7.80. The van der Waals surface area contributed by atoms with Crippen LogP contribution in [0, 0.1) is 17.3 Å². The SMILES string of the molecule is CCCN(C)C(CN)C1CCC(C(C)(C)C)CC1. The van der Waals surface area contributed by atoms with E-state index in [2.05, 4.69) is 39.6 Å². The summed E-state index contributed by atoms with van der Waals surface area (Å²) in [6.07, 6.45) is 6.76. The minimum absolute atomic E-state index is 0.485. The average Bonchev–Trinajstić information content (AvgIpc) is 2.30. The monoisotopic (exact) mass is 254 g/mol. The Kier molecular flexibility index (Phi) is 6.13. The molecule has 1 unspecified atom stereocenters. The Labute approximate surface area is 114 Å². The smallest absolute Gasteiger partial charge is 0.0243 e. The van der Waals surface area contributed by atoms with Gasteiger partial charge >= 0.3 is 0 Å². The van der Waals surface area contributed by atoms with Gasteiger partial charge in [-0.2, -0.15) is 0 Å². The van der Waals surface area contributed by atoms with Gasteiger partial charge < -0.3 is 10.6 Å². The van der Waals surface area contributed by atoms with Crippen molar-refractivity contribution in [2.24, 2.45) is 23.0 Å². The zero-order valence-electron chi connectivity index (χ0n) is 13.2. The van der Waals surface area contributed by atoms with Gasteiger partial charge in [-0.25, -0.2) is 0 Å². The Morgan fingerprint density at radius 1 is 1.17 bits per heavy atom. The molecule has 2 nitrogen and oxygen atoms in total. The fourth-order valence-electron chi connectivity index (χ4n) is 3.62. The van der Waals surface area contributed by atoms with Crippen LogP contribution in [0.5, 0.6) is 0 Å². The maximum atomic E-state index is 6.01. The summed E-state index contributed by atoms with van der Waals surface area (Å²) in [5.41, 5.74) is 6.50. The molecule has 0 saturated heterocycles. The summed E-state index contributed by atoms with van der Waals surface area (Å²) in [5, 5.41) is 0. The lowest BCUT2D eigenvalue weighted by Gasteiger charge is -2.41. The molecule has 0 amide bonds. The molecule has 0 spiro atoms. The van der Waals surface area contributed by atoms with Gasteiger partial charge in [-0.1, -0.05) is 27.7 Å². The lowest BCUT2D eigenvalue weighted by molar-refractivity contribution is 0.0950. The van der Waals surface area contributed by atoms with Crippen molar-refractivity contribution in [2.75, 3.05) is 20.1 Å². The molecule has 2 heteroatoms. The molecule has 1 aliphatic rings. The van der Waals surface area contributed by atoms with Gasteiger partial charge in [0, 0.05) is 12.6 Å². The third-order valence-corrected chi connectivity index (χ3v) is 4.92. The second-order valence-corrected chi connectivity index (χ2v) is 7.26. The van der Waals surface area contributed by atoms with Crippen LogP contribution >= 0.6 is 0 Å². The highest BCUT2D eigenvalue weighted by Crippen LogP contribution is 2.41. The molecule has 0 aliphatic heterocycles. The minimum Gasteiger partial charge on any atom is -0.329 e. The molecule has 108 valence electrons. The fraction of sp³-hybridized carbons (Fsp3) is 1.00. The van der Waals surface area contributed by atoms with Crippen LogP contribution < -0.4 is 5.73 Å². The van der Waals surface area contributed by atoms with E-state index in [1.807, 2.05) is 0 Å². The maximum absolute atomic E-state index is 6.01. The van der Waals surface area contributed by atoms with Gasteiger partial charge in [-0.3, -0.25) is 0 Å². The number of nitrogens with two attached hydrogens (primary N) is 1. The highest BCUT2D eigenvalue weighted by atomic mass is 15.1. The van der Waals surface area contributed by atoms with Crippen molar-refractivity contribution >= 4 is 0 Å². The van der Waals surface area contributed by atoms with E-state index >= 15 is 0 Å². The zero-order chi connectivity index (χ0) is 13.8. The van der Waals surface area contributed by atoms with E-state index in [0.29, 0.717) is 11.5 Å². The van der Waals surface area contributed by atoms with Crippen LogP contribution in [0.15, 0.2) is 0 Å². The molecule has 0 radical (unpaired) electrons. The summed E-state index contributed by atoms with van der Waals surface area (Å²) in [7, 11) is 2.25. The van der Waals surface area contributed by atoms with Crippen molar-refractivity contribution in [3.63, 3.8) is 0 Å². The summed E-state index contributed by atoms with van der Waals surface area (Å²) in [4.78, 5) is 2.49. The molecular formula is C16H34N2. The Morgan fingerprint density at radius 2 is 1.72 bits per heavy atom. The number of nitrogens with zero attached hydrogens (tertiary/aromatic N) is 1. The maximum Gasteiger partial charge on any atom is 0.0243 e. The van der Waals surface area contributed by atoms with Crippen LogP contribution in [-0.2, 0) is 0 Å². The lowest BCUT2D eigenvalue weighted by Crippen LogP contribution is -2.45. The molecule has 18 heavy (non-hydrogen) atoms. The number of rotatable bonds is 5. The summed E-state index contributed by atoms with van der Waals surface area (Å²) < 4.78 is 0. The number of hydrogen-bond donors (Lipinski definition) is 1.